The summed E-state index contributed by atoms with van der Waals surface area (Å²) >= 11 is 0. The molecule has 0 aromatic heterocycles. The Labute approximate surface area is 66.8 Å². The van der Waals surface area contributed by atoms with E-state index < -0.39 is 0 Å². The Morgan fingerprint density at radius 2 is 2.00 bits per heavy atom. The fourth-order valence-electron chi connectivity index (χ4n) is 0.790. The minimum atomic E-state index is 0.750. The molecule has 3 N–H and O–H groups in total. The highest BCUT2D eigenvalue weighted by molar-refractivity contribution is 5.31. The summed E-state index contributed by atoms with van der Waals surface area (Å²) in [5.41, 5.74) is 7.89. The van der Waals surface area contributed by atoms with Crippen molar-refractivity contribution in [3.8, 4) is 0 Å². The van der Waals surface area contributed by atoms with Gasteiger partial charge in [-0.3, -0.25) is 5.43 Å². The highest BCUT2D eigenvalue weighted by Crippen LogP contribution is 1.96. The second-order valence-electron chi connectivity index (χ2n) is 2.31. The van der Waals surface area contributed by atoms with Gasteiger partial charge in [-0.1, -0.05) is 17.9 Å². The van der Waals surface area contributed by atoms with Crippen LogP contribution in [-0.2, 0) is 4.79 Å². The summed E-state index contributed by atoms with van der Waals surface area (Å²) in [6.07, 6.45) is 5.82. The third kappa shape index (κ3) is 9.14. The number of rotatable bonds is 7. The number of nitrogens with two attached hydrogens (primary N) is 1. The SMILES string of the molecule is NCCCCCCNN=C=O. The summed E-state index contributed by atoms with van der Waals surface area (Å²) in [6, 6.07) is 0. The van der Waals surface area contributed by atoms with Crippen LogP contribution in [0.2, 0.25) is 0 Å². The Morgan fingerprint density at radius 1 is 1.27 bits per heavy atom. The second-order valence-corrected chi connectivity index (χ2v) is 2.31. The molecular formula is C7H15N3O. The van der Waals surface area contributed by atoms with Gasteiger partial charge in [-0.25, -0.2) is 4.79 Å². The van der Waals surface area contributed by atoms with E-state index in [0.29, 0.717) is 0 Å². The molecule has 11 heavy (non-hydrogen) atoms. The predicted molar refractivity (Wildman–Crippen MR) is 43.6 cm³/mol. The molecule has 0 aromatic carbocycles. The molecule has 0 fully saturated rings. The third-order valence-electron chi connectivity index (χ3n) is 1.37. The minimum Gasteiger partial charge on any atom is -0.330 e. The molecule has 0 aliphatic carbocycles. The van der Waals surface area contributed by atoms with Crippen molar-refractivity contribution in [2.24, 2.45) is 10.8 Å². The van der Waals surface area contributed by atoms with E-state index in [9.17, 15) is 4.79 Å². The number of hydrogen-bond donors (Lipinski definition) is 2. The summed E-state index contributed by atoms with van der Waals surface area (Å²) in [5, 5.41) is 3.21. The number of nitrogens with one attached hydrogen (secondary N) is 1. The van der Waals surface area contributed by atoms with Gasteiger partial charge in [0.1, 0.15) is 0 Å². The summed E-state index contributed by atoms with van der Waals surface area (Å²) in [4.78, 5) is 9.57. The van der Waals surface area contributed by atoms with Gasteiger partial charge in [0, 0.05) is 6.54 Å². The maximum Gasteiger partial charge on any atom is 0.258 e. The Hall–Kier alpha value is -0.860. The standard InChI is InChI=1S/C7H15N3O/c8-5-3-1-2-4-6-9-10-7-11/h9H,1-6,8H2. The lowest BCUT2D eigenvalue weighted by Gasteiger charge is -1.97. The molecule has 0 amide bonds. The molecule has 0 aliphatic rings. The molecular weight excluding hydrogens is 142 g/mol. The van der Waals surface area contributed by atoms with Crippen LogP contribution < -0.4 is 11.2 Å². The Bertz CT molecular complexity index is 121. The van der Waals surface area contributed by atoms with E-state index in [0.717, 1.165) is 38.8 Å². The van der Waals surface area contributed by atoms with Gasteiger partial charge in [-0.05, 0) is 19.4 Å². The lowest BCUT2D eigenvalue weighted by molar-refractivity contribution is 0.552. The summed E-state index contributed by atoms with van der Waals surface area (Å²) in [7, 11) is 0. The van der Waals surface area contributed by atoms with Crippen LogP contribution in [0.5, 0.6) is 0 Å². The van der Waals surface area contributed by atoms with Crippen molar-refractivity contribution < 1.29 is 4.79 Å². The van der Waals surface area contributed by atoms with Crippen LogP contribution in [0.25, 0.3) is 0 Å². The molecule has 0 spiro atoms. The largest absolute Gasteiger partial charge is 0.330 e. The third-order valence-corrected chi connectivity index (χ3v) is 1.37. The minimum absolute atomic E-state index is 0.750. The van der Waals surface area contributed by atoms with E-state index in [1.807, 2.05) is 0 Å². The molecule has 0 saturated carbocycles. The van der Waals surface area contributed by atoms with Crippen molar-refractivity contribution in [2.45, 2.75) is 25.7 Å². The molecule has 0 unspecified atom stereocenters. The first-order valence-corrected chi connectivity index (χ1v) is 3.91. The summed E-state index contributed by atoms with van der Waals surface area (Å²) in [6.45, 7) is 1.51. The Morgan fingerprint density at radius 3 is 2.64 bits per heavy atom. The van der Waals surface area contributed by atoms with E-state index in [2.05, 4.69) is 10.5 Å². The molecule has 0 aromatic rings. The number of isocyanates is 1. The molecule has 0 radical (unpaired) electrons. The van der Waals surface area contributed by atoms with Gasteiger partial charge in [-0.2, -0.15) is 0 Å². The van der Waals surface area contributed by atoms with Gasteiger partial charge in [-0.15, -0.1) is 0 Å². The summed E-state index contributed by atoms with van der Waals surface area (Å²) < 4.78 is 0. The Balaban J connectivity index is 2.84. The lowest BCUT2D eigenvalue weighted by atomic mass is 10.2. The maximum absolute atomic E-state index is 9.57. The molecule has 0 heterocycles. The normalized spacial score (nSPS) is 8.82. The van der Waals surface area contributed by atoms with E-state index in [1.54, 1.807) is 0 Å². The topological polar surface area (TPSA) is 67.5 Å². The van der Waals surface area contributed by atoms with Crippen LogP contribution in [0, 0.1) is 0 Å². The van der Waals surface area contributed by atoms with E-state index >= 15 is 0 Å². The van der Waals surface area contributed by atoms with Crippen LogP contribution in [0.3, 0.4) is 0 Å². The van der Waals surface area contributed by atoms with Gasteiger partial charge < -0.3 is 5.73 Å². The first kappa shape index (κ1) is 10.1. The predicted octanol–water partition coefficient (Wildman–Crippen LogP) is 0.346. The molecule has 0 saturated heterocycles. The average Bonchev–Trinajstić information content (AvgIpc) is 2.03. The molecule has 0 rings (SSSR count). The number of unbranched alkanes of at least 4 members (excludes halogenated alkanes) is 3. The van der Waals surface area contributed by atoms with Gasteiger partial charge in [0.2, 0.25) is 0 Å². The smallest absolute Gasteiger partial charge is 0.258 e. The van der Waals surface area contributed by atoms with Gasteiger partial charge >= 0.3 is 0 Å². The van der Waals surface area contributed by atoms with E-state index in [-0.39, 0.29) is 0 Å². The molecule has 0 atom stereocenters. The number of nitrogens with zero attached hydrogens (tertiary/aromatic N) is 1. The molecule has 0 aliphatic heterocycles. The number of carbonyl (C=O) groups excluding carboxylic acids is 1. The highest BCUT2D eigenvalue weighted by atomic mass is 16.1. The average molecular weight is 157 g/mol. The van der Waals surface area contributed by atoms with E-state index in [1.165, 1.54) is 6.08 Å². The zero-order chi connectivity index (χ0) is 8.36. The number of hydrogen-bond acceptors (Lipinski definition) is 4. The van der Waals surface area contributed by atoms with Crippen LogP contribution in [-0.4, -0.2) is 19.2 Å². The lowest BCUT2D eigenvalue weighted by Crippen LogP contribution is -2.06. The van der Waals surface area contributed by atoms with E-state index in [4.69, 9.17) is 5.73 Å². The molecule has 0 bridgehead atoms. The second kappa shape index (κ2) is 9.14. The fraction of sp³-hybridized carbons (Fsp3) is 0.857. The fourth-order valence-corrected chi connectivity index (χ4v) is 0.790. The van der Waals surface area contributed by atoms with Crippen LogP contribution >= 0.6 is 0 Å². The van der Waals surface area contributed by atoms with Crippen LogP contribution in [0.1, 0.15) is 25.7 Å². The monoisotopic (exact) mass is 157 g/mol. The highest BCUT2D eigenvalue weighted by Gasteiger charge is 1.86. The van der Waals surface area contributed by atoms with Crippen LogP contribution in [0.4, 0.5) is 0 Å². The van der Waals surface area contributed by atoms with Gasteiger partial charge in [0.15, 0.2) is 0 Å². The van der Waals surface area contributed by atoms with Crippen molar-refractivity contribution in [3.05, 3.63) is 0 Å². The number of hydrazone groups is 1. The van der Waals surface area contributed by atoms with Gasteiger partial charge in [0.25, 0.3) is 6.08 Å². The van der Waals surface area contributed by atoms with Gasteiger partial charge in [0.05, 0.1) is 0 Å². The molecule has 4 nitrogen and oxygen atoms in total. The summed E-state index contributed by atoms with van der Waals surface area (Å²) in [5.74, 6) is 0. The van der Waals surface area contributed by atoms with Crippen LogP contribution in [0.15, 0.2) is 5.10 Å². The Kier molecular flexibility index (Phi) is 8.43. The molecule has 64 valence electrons. The molecule has 4 heteroatoms. The van der Waals surface area contributed by atoms with Crippen molar-refractivity contribution in [1.29, 1.82) is 0 Å². The van der Waals surface area contributed by atoms with Crippen molar-refractivity contribution >= 4 is 6.08 Å². The van der Waals surface area contributed by atoms with Crippen molar-refractivity contribution in [2.75, 3.05) is 13.1 Å². The zero-order valence-electron chi connectivity index (χ0n) is 6.68. The maximum atomic E-state index is 9.57. The van der Waals surface area contributed by atoms with Crippen molar-refractivity contribution in [3.63, 3.8) is 0 Å². The quantitative estimate of drug-likeness (QED) is 0.242. The zero-order valence-corrected chi connectivity index (χ0v) is 6.68. The first-order chi connectivity index (χ1) is 5.41. The first-order valence-electron chi connectivity index (χ1n) is 3.91. The van der Waals surface area contributed by atoms with Crippen molar-refractivity contribution in [1.82, 2.24) is 5.43 Å².